The average molecular weight is 366 g/mol. The van der Waals surface area contributed by atoms with E-state index in [4.69, 9.17) is 5.11 Å². The van der Waals surface area contributed by atoms with Crippen LogP contribution in [0.4, 0.5) is 5.69 Å². The maximum atomic E-state index is 12.8. The second-order valence-electron chi connectivity index (χ2n) is 6.62. The molecule has 0 radical (unpaired) electrons. The molecule has 0 unspecified atom stereocenters. The first-order chi connectivity index (χ1) is 11.8. The largest absolute Gasteiger partial charge is 0.481 e. The number of carbonyl (C=O) groups is 2. The molecule has 1 saturated carbocycles. The third-order valence-electron chi connectivity index (χ3n) is 5.22. The Morgan fingerprint density at radius 2 is 1.80 bits per heavy atom. The topological polar surface area (TPSA) is 104 Å². The molecule has 2 N–H and O–H groups in total. The highest BCUT2D eigenvalue weighted by Gasteiger charge is 2.35. The SMILES string of the molecule is CNS(=O)(=O)c1ccc2c(c1)CCN2C(=O)C1CCC(C(=O)O)CC1. The van der Waals surface area contributed by atoms with E-state index < -0.39 is 16.0 Å². The number of fused-ring (bicyclic) bond motifs is 1. The summed E-state index contributed by atoms with van der Waals surface area (Å²) in [6.45, 7) is 0.538. The number of carboxylic acids is 1. The summed E-state index contributed by atoms with van der Waals surface area (Å²) >= 11 is 0. The van der Waals surface area contributed by atoms with Crippen molar-refractivity contribution in [2.24, 2.45) is 11.8 Å². The van der Waals surface area contributed by atoms with E-state index in [-0.39, 0.29) is 22.6 Å². The zero-order chi connectivity index (χ0) is 18.2. The van der Waals surface area contributed by atoms with E-state index in [0.717, 1.165) is 11.3 Å². The standard InChI is InChI=1S/C17H22N2O5S/c1-18-25(23,24)14-6-7-15-13(10-14)8-9-19(15)16(20)11-2-4-12(5-3-11)17(21)22/h6-7,10-12,18H,2-5,8-9H2,1H3,(H,21,22). The fourth-order valence-corrected chi connectivity index (χ4v) is 4.48. The van der Waals surface area contributed by atoms with Crippen LogP contribution in [-0.2, 0) is 26.0 Å². The number of sulfonamides is 1. The Balaban J connectivity index is 1.75. The molecule has 0 spiro atoms. The Bertz CT molecular complexity index is 797. The molecule has 1 aliphatic carbocycles. The Kier molecular flexibility index (Phi) is 4.83. The van der Waals surface area contributed by atoms with E-state index in [2.05, 4.69) is 4.72 Å². The smallest absolute Gasteiger partial charge is 0.306 e. The van der Waals surface area contributed by atoms with Crippen molar-refractivity contribution in [3.8, 4) is 0 Å². The summed E-state index contributed by atoms with van der Waals surface area (Å²) in [6, 6.07) is 4.82. The number of benzene rings is 1. The lowest BCUT2D eigenvalue weighted by Crippen LogP contribution is -2.37. The van der Waals surface area contributed by atoms with Gasteiger partial charge in [-0.15, -0.1) is 0 Å². The zero-order valence-electron chi connectivity index (χ0n) is 14.1. The Labute approximate surface area is 147 Å². The van der Waals surface area contributed by atoms with E-state index in [9.17, 15) is 18.0 Å². The van der Waals surface area contributed by atoms with Crippen LogP contribution < -0.4 is 9.62 Å². The summed E-state index contributed by atoms with van der Waals surface area (Å²) in [5.74, 6) is -1.26. The summed E-state index contributed by atoms with van der Waals surface area (Å²) < 4.78 is 26.1. The van der Waals surface area contributed by atoms with Crippen LogP contribution >= 0.6 is 0 Å². The summed E-state index contributed by atoms with van der Waals surface area (Å²) in [5.41, 5.74) is 1.62. The first-order valence-electron chi connectivity index (χ1n) is 8.44. The monoisotopic (exact) mass is 366 g/mol. The van der Waals surface area contributed by atoms with E-state index in [1.807, 2.05) is 0 Å². The van der Waals surface area contributed by atoms with Crippen molar-refractivity contribution in [1.29, 1.82) is 0 Å². The number of hydrogen-bond acceptors (Lipinski definition) is 4. The van der Waals surface area contributed by atoms with Gasteiger partial charge in [-0.2, -0.15) is 0 Å². The van der Waals surface area contributed by atoms with Crippen LogP contribution in [0.15, 0.2) is 23.1 Å². The minimum atomic E-state index is -3.50. The summed E-state index contributed by atoms with van der Waals surface area (Å²) in [7, 11) is -2.13. The first-order valence-corrected chi connectivity index (χ1v) is 9.92. The van der Waals surface area contributed by atoms with Gasteiger partial charge in [0.1, 0.15) is 0 Å². The van der Waals surface area contributed by atoms with Crippen molar-refractivity contribution in [1.82, 2.24) is 4.72 Å². The normalized spacial score (nSPS) is 23.3. The molecular weight excluding hydrogens is 344 g/mol. The molecular formula is C17H22N2O5S. The van der Waals surface area contributed by atoms with Crippen molar-refractivity contribution in [3.05, 3.63) is 23.8 Å². The number of nitrogens with one attached hydrogen (secondary N) is 1. The summed E-state index contributed by atoms with van der Waals surface area (Å²) in [4.78, 5) is 25.8. The number of aliphatic carboxylic acids is 1. The molecule has 1 fully saturated rings. The summed E-state index contributed by atoms with van der Waals surface area (Å²) in [6.07, 6.45) is 2.87. The molecule has 1 heterocycles. The lowest BCUT2D eigenvalue weighted by atomic mass is 9.81. The molecule has 8 heteroatoms. The van der Waals surface area contributed by atoms with Crippen LogP contribution in [0.3, 0.4) is 0 Å². The molecule has 136 valence electrons. The highest BCUT2D eigenvalue weighted by molar-refractivity contribution is 7.89. The third-order valence-corrected chi connectivity index (χ3v) is 6.63. The maximum Gasteiger partial charge on any atom is 0.306 e. The minimum Gasteiger partial charge on any atom is -0.481 e. The molecule has 1 amide bonds. The fraction of sp³-hybridized carbons (Fsp3) is 0.529. The third kappa shape index (κ3) is 3.41. The molecule has 0 saturated heterocycles. The number of carbonyl (C=O) groups excluding carboxylic acids is 1. The van der Waals surface area contributed by atoms with Crippen LogP contribution in [0.25, 0.3) is 0 Å². The number of anilines is 1. The summed E-state index contributed by atoms with van der Waals surface area (Å²) in [5, 5.41) is 9.07. The molecule has 3 rings (SSSR count). The van der Waals surface area contributed by atoms with Crippen LogP contribution in [0.1, 0.15) is 31.2 Å². The van der Waals surface area contributed by atoms with Crippen molar-refractivity contribution >= 4 is 27.6 Å². The molecule has 1 aromatic carbocycles. The van der Waals surface area contributed by atoms with Crippen molar-refractivity contribution in [2.45, 2.75) is 37.0 Å². The van der Waals surface area contributed by atoms with Gasteiger partial charge in [0.15, 0.2) is 0 Å². The van der Waals surface area contributed by atoms with Crippen LogP contribution in [-0.4, -0.2) is 39.0 Å². The molecule has 0 aromatic heterocycles. The second-order valence-corrected chi connectivity index (χ2v) is 8.51. The van der Waals surface area contributed by atoms with Crippen LogP contribution in [0.2, 0.25) is 0 Å². The van der Waals surface area contributed by atoms with Crippen molar-refractivity contribution in [3.63, 3.8) is 0 Å². The van der Waals surface area contributed by atoms with Crippen LogP contribution in [0.5, 0.6) is 0 Å². The Hall–Kier alpha value is -1.93. The maximum absolute atomic E-state index is 12.8. The molecule has 1 aliphatic heterocycles. The van der Waals surface area contributed by atoms with E-state index in [1.165, 1.54) is 13.1 Å². The molecule has 0 bridgehead atoms. The van der Waals surface area contributed by atoms with Gasteiger partial charge < -0.3 is 10.0 Å². The lowest BCUT2D eigenvalue weighted by Gasteiger charge is -2.29. The molecule has 2 aliphatic rings. The molecule has 1 aromatic rings. The molecule has 7 nitrogen and oxygen atoms in total. The van der Waals surface area contributed by atoms with Gasteiger partial charge in [0.2, 0.25) is 15.9 Å². The Morgan fingerprint density at radius 3 is 2.40 bits per heavy atom. The molecule has 25 heavy (non-hydrogen) atoms. The van der Waals surface area contributed by atoms with Crippen molar-refractivity contribution in [2.75, 3.05) is 18.5 Å². The fourth-order valence-electron chi connectivity index (χ4n) is 3.70. The van der Waals surface area contributed by atoms with E-state index >= 15 is 0 Å². The number of nitrogens with zero attached hydrogens (tertiary/aromatic N) is 1. The predicted octanol–water partition coefficient (Wildman–Crippen LogP) is 1.37. The predicted molar refractivity (Wildman–Crippen MR) is 91.8 cm³/mol. The van der Waals surface area contributed by atoms with Gasteiger partial charge in [-0.05, 0) is 62.9 Å². The van der Waals surface area contributed by atoms with Gasteiger partial charge in [0.25, 0.3) is 0 Å². The average Bonchev–Trinajstić information content (AvgIpc) is 3.04. The van der Waals surface area contributed by atoms with Gasteiger partial charge >= 0.3 is 5.97 Å². The number of amides is 1. The number of hydrogen-bond donors (Lipinski definition) is 2. The van der Waals surface area contributed by atoms with Gasteiger partial charge in [-0.25, -0.2) is 13.1 Å². The van der Waals surface area contributed by atoms with Gasteiger partial charge in [-0.1, -0.05) is 0 Å². The molecule has 0 atom stereocenters. The second kappa shape index (κ2) is 6.76. The van der Waals surface area contributed by atoms with E-state index in [1.54, 1.807) is 17.0 Å². The van der Waals surface area contributed by atoms with Gasteiger partial charge in [0, 0.05) is 18.2 Å². The Morgan fingerprint density at radius 1 is 1.16 bits per heavy atom. The zero-order valence-corrected chi connectivity index (χ0v) is 14.9. The number of carboxylic acid groups (broad SMARTS) is 1. The minimum absolute atomic E-state index is 0.0202. The van der Waals surface area contributed by atoms with Crippen LogP contribution in [0, 0.1) is 11.8 Å². The highest BCUT2D eigenvalue weighted by Crippen LogP contribution is 2.35. The van der Waals surface area contributed by atoms with Gasteiger partial charge in [0.05, 0.1) is 10.8 Å². The quantitative estimate of drug-likeness (QED) is 0.838. The van der Waals surface area contributed by atoms with E-state index in [0.29, 0.717) is 38.6 Å². The van der Waals surface area contributed by atoms with Gasteiger partial charge in [-0.3, -0.25) is 9.59 Å². The first kappa shape index (κ1) is 17.9. The van der Waals surface area contributed by atoms with Crippen molar-refractivity contribution < 1.29 is 23.1 Å². The lowest BCUT2D eigenvalue weighted by molar-refractivity contribution is -0.144. The number of rotatable bonds is 4. The highest BCUT2D eigenvalue weighted by atomic mass is 32.2.